The SMILES string of the molecule is CC(C)(CCO)CNS(=O)(=O)CCSc1ccc(N)cc1. The lowest BCUT2D eigenvalue weighted by Gasteiger charge is -2.23. The first kappa shape index (κ1) is 18.3. The number of nitrogen functional groups attached to an aromatic ring is 1. The first-order valence-electron chi connectivity index (χ1n) is 6.81. The van der Waals surface area contributed by atoms with Crippen molar-refractivity contribution in [1.82, 2.24) is 4.72 Å². The van der Waals surface area contributed by atoms with Gasteiger partial charge in [0.1, 0.15) is 0 Å². The number of nitrogens with one attached hydrogen (secondary N) is 1. The maximum Gasteiger partial charge on any atom is 0.212 e. The second-order valence-electron chi connectivity index (χ2n) is 5.70. The Kier molecular flexibility index (Phi) is 6.99. The number of rotatable bonds is 9. The van der Waals surface area contributed by atoms with E-state index < -0.39 is 10.0 Å². The van der Waals surface area contributed by atoms with Crippen molar-refractivity contribution >= 4 is 27.5 Å². The molecule has 1 aromatic carbocycles. The summed E-state index contributed by atoms with van der Waals surface area (Å²) in [5, 5.41) is 8.93. The quantitative estimate of drug-likeness (QED) is 0.473. The molecule has 120 valence electrons. The molecule has 0 atom stereocenters. The van der Waals surface area contributed by atoms with Crippen molar-refractivity contribution in [2.24, 2.45) is 5.41 Å². The van der Waals surface area contributed by atoms with E-state index in [0.717, 1.165) is 4.90 Å². The number of sulfonamides is 1. The first-order chi connectivity index (χ1) is 9.74. The van der Waals surface area contributed by atoms with E-state index in [0.29, 0.717) is 24.4 Å². The fraction of sp³-hybridized carbons (Fsp3) is 0.571. The minimum Gasteiger partial charge on any atom is -0.399 e. The molecule has 0 aliphatic carbocycles. The Bertz CT molecular complexity index is 528. The zero-order valence-corrected chi connectivity index (χ0v) is 14.1. The second-order valence-corrected chi connectivity index (χ2v) is 8.79. The van der Waals surface area contributed by atoms with Crippen LogP contribution in [0.5, 0.6) is 0 Å². The fourth-order valence-corrected chi connectivity index (χ4v) is 4.13. The number of hydrogen-bond acceptors (Lipinski definition) is 5. The lowest BCUT2D eigenvalue weighted by Crippen LogP contribution is -2.36. The molecule has 7 heteroatoms. The normalized spacial score (nSPS) is 12.5. The van der Waals surface area contributed by atoms with Crippen LogP contribution >= 0.6 is 11.8 Å². The molecular formula is C14H24N2O3S2. The van der Waals surface area contributed by atoms with Crippen molar-refractivity contribution < 1.29 is 13.5 Å². The highest BCUT2D eigenvalue weighted by Crippen LogP contribution is 2.20. The van der Waals surface area contributed by atoms with Crippen molar-refractivity contribution in [1.29, 1.82) is 0 Å². The summed E-state index contributed by atoms with van der Waals surface area (Å²) < 4.78 is 26.4. The van der Waals surface area contributed by atoms with Gasteiger partial charge in [-0.1, -0.05) is 13.8 Å². The molecule has 1 rings (SSSR count). The molecule has 0 aliphatic rings. The maximum atomic E-state index is 11.9. The maximum absolute atomic E-state index is 11.9. The number of aliphatic hydroxyl groups excluding tert-OH is 1. The van der Waals surface area contributed by atoms with Crippen molar-refractivity contribution in [3.63, 3.8) is 0 Å². The Labute approximate surface area is 131 Å². The van der Waals surface area contributed by atoms with E-state index in [1.165, 1.54) is 11.8 Å². The molecule has 0 heterocycles. The van der Waals surface area contributed by atoms with Crippen molar-refractivity contribution in [2.75, 3.05) is 30.4 Å². The van der Waals surface area contributed by atoms with Crippen LogP contribution in [0, 0.1) is 5.41 Å². The smallest absolute Gasteiger partial charge is 0.212 e. The van der Waals surface area contributed by atoms with E-state index in [1.54, 1.807) is 12.1 Å². The van der Waals surface area contributed by atoms with E-state index >= 15 is 0 Å². The van der Waals surface area contributed by atoms with Crippen LogP contribution in [-0.4, -0.2) is 38.2 Å². The zero-order valence-electron chi connectivity index (χ0n) is 12.5. The molecule has 0 radical (unpaired) electrons. The van der Waals surface area contributed by atoms with E-state index in [9.17, 15) is 8.42 Å². The summed E-state index contributed by atoms with van der Waals surface area (Å²) in [6.45, 7) is 4.24. The summed E-state index contributed by atoms with van der Waals surface area (Å²) >= 11 is 1.48. The number of thioether (sulfide) groups is 1. The van der Waals surface area contributed by atoms with Gasteiger partial charge < -0.3 is 10.8 Å². The van der Waals surface area contributed by atoms with Gasteiger partial charge in [0.2, 0.25) is 10.0 Å². The van der Waals surface area contributed by atoms with Gasteiger partial charge in [0.25, 0.3) is 0 Å². The molecule has 0 unspecified atom stereocenters. The summed E-state index contributed by atoms with van der Waals surface area (Å²) in [4.78, 5) is 1.00. The van der Waals surface area contributed by atoms with Gasteiger partial charge in [0.15, 0.2) is 0 Å². The van der Waals surface area contributed by atoms with Gasteiger partial charge in [-0.15, -0.1) is 11.8 Å². The van der Waals surface area contributed by atoms with Crippen LogP contribution in [0.3, 0.4) is 0 Å². The molecule has 0 bridgehead atoms. The van der Waals surface area contributed by atoms with E-state index in [1.807, 2.05) is 26.0 Å². The zero-order chi connectivity index (χ0) is 15.9. The topological polar surface area (TPSA) is 92.4 Å². The van der Waals surface area contributed by atoms with Gasteiger partial charge >= 0.3 is 0 Å². The Hall–Kier alpha value is -0.760. The van der Waals surface area contributed by atoms with E-state index in [4.69, 9.17) is 10.8 Å². The first-order valence-corrected chi connectivity index (χ1v) is 9.44. The van der Waals surface area contributed by atoms with Crippen molar-refractivity contribution in [3.8, 4) is 0 Å². The van der Waals surface area contributed by atoms with Crippen molar-refractivity contribution in [3.05, 3.63) is 24.3 Å². The minimum atomic E-state index is -3.29. The molecule has 0 aliphatic heterocycles. The van der Waals surface area contributed by atoms with Crippen LogP contribution in [0.4, 0.5) is 5.69 Å². The molecule has 0 amide bonds. The van der Waals surface area contributed by atoms with Gasteiger partial charge in [0.05, 0.1) is 5.75 Å². The predicted molar refractivity (Wildman–Crippen MR) is 88.9 cm³/mol. The Balaban J connectivity index is 2.37. The minimum absolute atomic E-state index is 0.0573. The number of benzene rings is 1. The number of nitrogens with two attached hydrogens (primary N) is 1. The number of anilines is 1. The monoisotopic (exact) mass is 332 g/mol. The van der Waals surface area contributed by atoms with Crippen LogP contribution in [0.2, 0.25) is 0 Å². The van der Waals surface area contributed by atoms with E-state index in [2.05, 4.69) is 4.72 Å². The molecule has 5 nitrogen and oxygen atoms in total. The average molecular weight is 332 g/mol. The molecular weight excluding hydrogens is 308 g/mol. The van der Waals surface area contributed by atoms with Gasteiger partial charge in [-0.3, -0.25) is 0 Å². The summed E-state index contributed by atoms with van der Waals surface area (Å²) in [6, 6.07) is 7.35. The van der Waals surface area contributed by atoms with Crippen LogP contribution < -0.4 is 10.5 Å². The van der Waals surface area contributed by atoms with E-state index in [-0.39, 0.29) is 17.8 Å². The Morgan fingerprint density at radius 1 is 1.29 bits per heavy atom. The third-order valence-electron chi connectivity index (χ3n) is 3.06. The highest BCUT2D eigenvalue weighted by atomic mass is 32.2. The Morgan fingerprint density at radius 3 is 2.48 bits per heavy atom. The number of aliphatic hydroxyl groups is 1. The fourth-order valence-electron chi connectivity index (χ4n) is 1.60. The van der Waals surface area contributed by atoms with Crippen molar-refractivity contribution in [2.45, 2.75) is 25.2 Å². The molecule has 0 saturated carbocycles. The molecule has 21 heavy (non-hydrogen) atoms. The van der Waals surface area contributed by atoms with Gasteiger partial charge in [-0.2, -0.15) is 0 Å². The van der Waals surface area contributed by atoms with Gasteiger partial charge in [-0.25, -0.2) is 13.1 Å². The summed E-state index contributed by atoms with van der Waals surface area (Å²) in [7, 11) is -3.29. The third kappa shape index (κ3) is 7.71. The summed E-state index contributed by atoms with van der Waals surface area (Å²) in [5.74, 6) is 0.553. The summed E-state index contributed by atoms with van der Waals surface area (Å²) in [5.41, 5.74) is 6.05. The lowest BCUT2D eigenvalue weighted by atomic mass is 9.90. The molecule has 0 fully saturated rings. The number of hydrogen-bond donors (Lipinski definition) is 3. The second kappa shape index (κ2) is 8.03. The molecule has 0 aromatic heterocycles. The third-order valence-corrected chi connectivity index (χ3v) is 5.66. The van der Waals surface area contributed by atoms with Crippen LogP contribution in [0.25, 0.3) is 0 Å². The molecule has 0 saturated heterocycles. The van der Waals surface area contributed by atoms with Crippen LogP contribution in [0.1, 0.15) is 20.3 Å². The van der Waals surface area contributed by atoms with Crippen LogP contribution in [0.15, 0.2) is 29.2 Å². The standard InChI is InChI=1S/C14H24N2O3S2/c1-14(2,7-8-17)11-16-21(18,19)10-9-20-13-5-3-12(15)4-6-13/h3-6,16-17H,7-11,15H2,1-2H3. The highest BCUT2D eigenvalue weighted by molar-refractivity contribution is 8.00. The largest absolute Gasteiger partial charge is 0.399 e. The van der Waals surface area contributed by atoms with Crippen LogP contribution in [-0.2, 0) is 10.0 Å². The predicted octanol–water partition coefficient (Wildman–Crippen LogP) is 1.69. The lowest BCUT2D eigenvalue weighted by molar-refractivity contribution is 0.213. The van der Waals surface area contributed by atoms with Gasteiger partial charge in [0, 0.05) is 29.5 Å². The highest BCUT2D eigenvalue weighted by Gasteiger charge is 2.20. The van der Waals surface area contributed by atoms with Gasteiger partial charge in [-0.05, 0) is 36.1 Å². The average Bonchev–Trinajstić information content (AvgIpc) is 2.39. The molecule has 4 N–H and O–H groups in total. The molecule has 1 aromatic rings. The molecule has 0 spiro atoms. The Morgan fingerprint density at radius 2 is 1.90 bits per heavy atom. The summed E-state index contributed by atoms with van der Waals surface area (Å²) in [6.07, 6.45) is 0.565.